The van der Waals surface area contributed by atoms with Crippen LogP contribution in [0.3, 0.4) is 0 Å². The number of allylic oxidation sites excluding steroid dienone is 2. The zero-order valence-electron chi connectivity index (χ0n) is 11.8. The van der Waals surface area contributed by atoms with Gasteiger partial charge in [-0.1, -0.05) is 13.3 Å². The highest BCUT2D eigenvalue weighted by Crippen LogP contribution is 2.34. The summed E-state index contributed by atoms with van der Waals surface area (Å²) in [6.07, 6.45) is 5.72. The monoisotopic (exact) mass is 269 g/mol. The lowest BCUT2D eigenvalue weighted by atomic mass is 10.1. The second-order valence-electron chi connectivity index (χ2n) is 5.18. The van der Waals surface area contributed by atoms with E-state index in [-0.39, 0.29) is 0 Å². The molecule has 0 fully saturated rings. The zero-order valence-corrected chi connectivity index (χ0v) is 11.8. The molecule has 1 aliphatic heterocycles. The molecule has 0 saturated heterocycles. The molecule has 0 saturated carbocycles. The Balaban J connectivity index is 1.93. The summed E-state index contributed by atoms with van der Waals surface area (Å²) in [5, 5.41) is 1.19. The summed E-state index contributed by atoms with van der Waals surface area (Å²) in [6, 6.07) is 8.40. The molecule has 0 aliphatic carbocycles. The Morgan fingerprint density at radius 2 is 2.25 bits per heavy atom. The van der Waals surface area contributed by atoms with Crippen LogP contribution in [0.1, 0.15) is 31.9 Å². The SMILES string of the molecule is CCCCOc1ccc2c(c1)cc1n2CC/C1=C/C=O. The van der Waals surface area contributed by atoms with E-state index in [1.165, 1.54) is 10.9 Å². The normalized spacial score (nSPS) is 15.8. The fraction of sp³-hybridized carbons (Fsp3) is 0.353. The number of ether oxygens (including phenoxy) is 1. The van der Waals surface area contributed by atoms with Crippen LogP contribution < -0.4 is 4.74 Å². The molecule has 3 nitrogen and oxygen atoms in total. The van der Waals surface area contributed by atoms with Gasteiger partial charge in [0.2, 0.25) is 0 Å². The predicted molar refractivity (Wildman–Crippen MR) is 81.0 cm³/mol. The van der Waals surface area contributed by atoms with E-state index in [0.29, 0.717) is 0 Å². The maximum absolute atomic E-state index is 10.7. The number of nitrogens with zero attached hydrogens (tertiary/aromatic N) is 1. The number of aromatic nitrogens is 1. The maximum Gasteiger partial charge on any atom is 0.143 e. The third-order valence-electron chi connectivity index (χ3n) is 3.84. The molecule has 1 aromatic carbocycles. The number of carbonyl (C=O) groups is 1. The maximum atomic E-state index is 10.7. The first-order valence-corrected chi connectivity index (χ1v) is 7.24. The molecule has 0 radical (unpaired) electrons. The number of fused-ring (bicyclic) bond motifs is 3. The van der Waals surface area contributed by atoms with Gasteiger partial charge in [-0.15, -0.1) is 0 Å². The summed E-state index contributed by atoms with van der Waals surface area (Å²) >= 11 is 0. The van der Waals surface area contributed by atoms with Crippen LogP contribution in [0.5, 0.6) is 5.75 Å². The van der Waals surface area contributed by atoms with Gasteiger partial charge >= 0.3 is 0 Å². The van der Waals surface area contributed by atoms with Gasteiger partial charge in [-0.25, -0.2) is 0 Å². The van der Waals surface area contributed by atoms with E-state index in [9.17, 15) is 4.79 Å². The smallest absolute Gasteiger partial charge is 0.143 e. The van der Waals surface area contributed by atoms with Crippen molar-refractivity contribution in [1.29, 1.82) is 0 Å². The molecule has 20 heavy (non-hydrogen) atoms. The van der Waals surface area contributed by atoms with Crippen molar-refractivity contribution >= 4 is 22.8 Å². The van der Waals surface area contributed by atoms with Gasteiger partial charge in [0, 0.05) is 23.1 Å². The highest BCUT2D eigenvalue weighted by atomic mass is 16.5. The number of hydrogen-bond acceptors (Lipinski definition) is 2. The van der Waals surface area contributed by atoms with Crippen LogP contribution >= 0.6 is 0 Å². The number of benzene rings is 1. The number of unbranched alkanes of at least 4 members (excludes halogenated alkanes) is 1. The molecule has 1 aliphatic rings. The van der Waals surface area contributed by atoms with E-state index in [2.05, 4.69) is 29.7 Å². The molecule has 104 valence electrons. The molecule has 0 spiro atoms. The summed E-state index contributed by atoms with van der Waals surface area (Å²) < 4.78 is 8.03. The molecule has 0 atom stereocenters. The molecule has 2 heterocycles. The Hall–Kier alpha value is -2.03. The van der Waals surface area contributed by atoms with Gasteiger partial charge < -0.3 is 9.30 Å². The van der Waals surface area contributed by atoms with E-state index < -0.39 is 0 Å². The average Bonchev–Trinajstić information content (AvgIpc) is 2.99. The fourth-order valence-corrected chi connectivity index (χ4v) is 2.79. The van der Waals surface area contributed by atoms with Crippen molar-refractivity contribution in [3.8, 4) is 5.75 Å². The minimum Gasteiger partial charge on any atom is -0.494 e. The van der Waals surface area contributed by atoms with Crippen molar-refractivity contribution in [3.63, 3.8) is 0 Å². The van der Waals surface area contributed by atoms with Crippen LogP contribution in [0.25, 0.3) is 16.5 Å². The average molecular weight is 269 g/mol. The van der Waals surface area contributed by atoms with Crippen molar-refractivity contribution in [1.82, 2.24) is 4.57 Å². The number of aldehydes is 1. The van der Waals surface area contributed by atoms with Gasteiger partial charge in [0.1, 0.15) is 12.0 Å². The van der Waals surface area contributed by atoms with Crippen molar-refractivity contribution < 1.29 is 9.53 Å². The van der Waals surface area contributed by atoms with Gasteiger partial charge in [-0.2, -0.15) is 0 Å². The van der Waals surface area contributed by atoms with Crippen molar-refractivity contribution in [2.45, 2.75) is 32.7 Å². The van der Waals surface area contributed by atoms with Crippen LogP contribution in [0, 0.1) is 0 Å². The van der Waals surface area contributed by atoms with Crippen molar-refractivity contribution in [2.24, 2.45) is 0 Å². The summed E-state index contributed by atoms with van der Waals surface area (Å²) in [5.41, 5.74) is 3.51. The molecular formula is C17H19NO2. The molecule has 0 bridgehead atoms. The highest BCUT2D eigenvalue weighted by Gasteiger charge is 2.18. The van der Waals surface area contributed by atoms with Gasteiger partial charge in [-0.05, 0) is 48.8 Å². The summed E-state index contributed by atoms with van der Waals surface area (Å²) in [7, 11) is 0. The standard InChI is InChI=1S/C17H19NO2/c1-2-3-10-20-15-4-5-16-14(11-15)12-17-13(7-9-19)6-8-18(16)17/h4-5,7,9,11-12H,2-3,6,8,10H2,1H3/b13-7-. The van der Waals surface area contributed by atoms with Crippen LogP contribution in [0.15, 0.2) is 30.3 Å². The Morgan fingerprint density at radius 3 is 3.05 bits per heavy atom. The second-order valence-corrected chi connectivity index (χ2v) is 5.18. The largest absolute Gasteiger partial charge is 0.494 e. The Labute approximate surface area is 118 Å². The van der Waals surface area contributed by atoms with Crippen molar-refractivity contribution in [2.75, 3.05) is 6.61 Å². The van der Waals surface area contributed by atoms with Crippen LogP contribution in [-0.2, 0) is 11.3 Å². The van der Waals surface area contributed by atoms with Crippen LogP contribution in [-0.4, -0.2) is 17.5 Å². The van der Waals surface area contributed by atoms with E-state index in [1.54, 1.807) is 6.08 Å². The lowest BCUT2D eigenvalue weighted by molar-refractivity contribution is -0.104. The highest BCUT2D eigenvalue weighted by molar-refractivity contribution is 5.91. The van der Waals surface area contributed by atoms with Crippen LogP contribution in [0.4, 0.5) is 0 Å². The zero-order chi connectivity index (χ0) is 13.9. The fourth-order valence-electron chi connectivity index (χ4n) is 2.79. The summed E-state index contributed by atoms with van der Waals surface area (Å²) in [4.78, 5) is 10.7. The van der Waals surface area contributed by atoms with E-state index in [4.69, 9.17) is 4.74 Å². The minimum atomic E-state index is 0.770. The minimum absolute atomic E-state index is 0.770. The lowest BCUT2D eigenvalue weighted by Crippen LogP contribution is -1.96. The predicted octanol–water partition coefficient (Wildman–Crippen LogP) is 3.81. The number of carbonyl (C=O) groups excluding carboxylic acids is 1. The van der Waals surface area contributed by atoms with Gasteiger partial charge in [0.25, 0.3) is 0 Å². The third kappa shape index (κ3) is 2.24. The number of rotatable bonds is 5. The van der Waals surface area contributed by atoms with Gasteiger partial charge in [0.05, 0.1) is 6.61 Å². The quantitative estimate of drug-likeness (QED) is 0.469. The van der Waals surface area contributed by atoms with Gasteiger partial charge in [0.15, 0.2) is 0 Å². The van der Waals surface area contributed by atoms with Crippen LogP contribution in [0.2, 0.25) is 0 Å². The Bertz CT molecular complexity index is 667. The first-order valence-electron chi connectivity index (χ1n) is 7.24. The first-order chi connectivity index (χ1) is 9.83. The van der Waals surface area contributed by atoms with Gasteiger partial charge in [-0.3, -0.25) is 4.79 Å². The number of hydrogen-bond donors (Lipinski definition) is 0. The Morgan fingerprint density at radius 1 is 1.35 bits per heavy atom. The lowest BCUT2D eigenvalue weighted by Gasteiger charge is -2.06. The molecule has 1 aromatic heterocycles. The topological polar surface area (TPSA) is 31.2 Å². The third-order valence-corrected chi connectivity index (χ3v) is 3.84. The van der Waals surface area contributed by atoms with E-state index >= 15 is 0 Å². The Kier molecular flexibility index (Phi) is 3.59. The van der Waals surface area contributed by atoms with E-state index in [0.717, 1.165) is 55.7 Å². The van der Waals surface area contributed by atoms with E-state index in [1.807, 2.05) is 6.07 Å². The molecule has 3 rings (SSSR count). The number of aryl methyl sites for hydroxylation is 1. The molecule has 0 N–H and O–H groups in total. The molecular weight excluding hydrogens is 250 g/mol. The molecule has 3 heteroatoms. The first kappa shape index (κ1) is 13.0. The molecule has 0 unspecified atom stereocenters. The molecule has 2 aromatic rings. The summed E-state index contributed by atoms with van der Waals surface area (Å²) in [6.45, 7) is 3.88. The molecule has 0 amide bonds. The van der Waals surface area contributed by atoms with Crippen molar-refractivity contribution in [3.05, 3.63) is 36.0 Å². The second kappa shape index (κ2) is 5.53. The summed E-state index contributed by atoms with van der Waals surface area (Å²) in [5.74, 6) is 0.927.